The van der Waals surface area contributed by atoms with Crippen molar-refractivity contribution in [2.24, 2.45) is 0 Å². The normalized spacial score (nSPS) is 19.1. The van der Waals surface area contributed by atoms with Crippen LogP contribution in [0.4, 0.5) is 10.5 Å². The lowest BCUT2D eigenvalue weighted by molar-refractivity contribution is -0.133. The van der Waals surface area contributed by atoms with Crippen LogP contribution in [0.5, 0.6) is 0 Å². The fourth-order valence-corrected chi connectivity index (χ4v) is 4.29. The van der Waals surface area contributed by atoms with Crippen LogP contribution >= 0.6 is 11.3 Å². The molecule has 0 unspecified atom stereocenters. The fourth-order valence-electron chi connectivity index (χ4n) is 3.43. The van der Waals surface area contributed by atoms with Crippen molar-refractivity contribution >= 4 is 34.9 Å². The van der Waals surface area contributed by atoms with Gasteiger partial charge in [0.15, 0.2) is 5.60 Å². The van der Waals surface area contributed by atoms with Gasteiger partial charge in [0.05, 0.1) is 10.6 Å². The molecule has 26 heavy (non-hydrogen) atoms. The number of nitrogens with zero attached hydrogens (tertiary/aromatic N) is 2. The van der Waals surface area contributed by atoms with Crippen LogP contribution in [0, 0.1) is 6.92 Å². The maximum Gasteiger partial charge on any atom is 0.422 e. The van der Waals surface area contributed by atoms with Gasteiger partial charge in [-0.15, -0.1) is 11.3 Å². The van der Waals surface area contributed by atoms with Gasteiger partial charge in [-0.05, 0) is 36.1 Å². The van der Waals surface area contributed by atoms with E-state index in [-0.39, 0.29) is 11.8 Å². The minimum Gasteiger partial charge on any atom is -0.432 e. The van der Waals surface area contributed by atoms with E-state index in [0.29, 0.717) is 36.5 Å². The smallest absolute Gasteiger partial charge is 0.422 e. The number of carbonyl (C=O) groups is 3. The van der Waals surface area contributed by atoms with Crippen molar-refractivity contribution < 1.29 is 19.1 Å². The molecule has 7 heteroatoms. The van der Waals surface area contributed by atoms with E-state index in [0.717, 1.165) is 10.5 Å². The molecule has 2 aliphatic heterocycles. The second-order valence-corrected chi connectivity index (χ2v) is 7.53. The molecule has 0 bridgehead atoms. The predicted octanol–water partition coefficient (Wildman–Crippen LogP) is 3.21. The molecule has 6 nitrogen and oxygen atoms in total. The molecule has 3 amide bonds. The Morgan fingerprint density at radius 1 is 1.15 bits per heavy atom. The minimum absolute atomic E-state index is 0.0327. The molecule has 134 valence electrons. The van der Waals surface area contributed by atoms with E-state index in [1.807, 2.05) is 24.4 Å². The zero-order chi connectivity index (χ0) is 18.3. The summed E-state index contributed by atoms with van der Waals surface area (Å²) < 4.78 is 5.51. The highest BCUT2D eigenvalue weighted by atomic mass is 32.1. The first-order chi connectivity index (χ1) is 12.5. The van der Waals surface area contributed by atoms with Crippen molar-refractivity contribution in [3.8, 4) is 0 Å². The highest BCUT2D eigenvalue weighted by Gasteiger charge is 2.55. The molecule has 0 atom stereocenters. The summed E-state index contributed by atoms with van der Waals surface area (Å²) in [6.07, 6.45) is -0.0107. The first kappa shape index (κ1) is 16.8. The molecule has 1 aromatic carbocycles. The van der Waals surface area contributed by atoms with Gasteiger partial charge < -0.3 is 9.64 Å². The van der Waals surface area contributed by atoms with Crippen LogP contribution in [0.3, 0.4) is 0 Å². The van der Waals surface area contributed by atoms with Crippen LogP contribution in [0.15, 0.2) is 41.8 Å². The molecule has 2 aliphatic rings. The average molecular weight is 370 g/mol. The van der Waals surface area contributed by atoms with Crippen molar-refractivity contribution in [3.05, 3.63) is 52.2 Å². The Balaban J connectivity index is 1.49. The SMILES string of the molecule is Cc1csc(C(=O)N2CCC3(CC2)OC(=O)N(c2ccccc2)C3=O)c1. The number of para-hydroxylation sites is 1. The van der Waals surface area contributed by atoms with Gasteiger partial charge in [-0.25, -0.2) is 9.69 Å². The van der Waals surface area contributed by atoms with E-state index >= 15 is 0 Å². The Labute approximate surface area is 155 Å². The zero-order valence-corrected chi connectivity index (χ0v) is 15.1. The molecule has 0 radical (unpaired) electrons. The predicted molar refractivity (Wildman–Crippen MR) is 97.3 cm³/mol. The first-order valence-corrected chi connectivity index (χ1v) is 9.35. The highest BCUT2D eigenvalue weighted by Crippen LogP contribution is 2.37. The number of amides is 3. The molecule has 1 spiro atoms. The van der Waals surface area contributed by atoms with E-state index in [1.54, 1.807) is 29.2 Å². The quantitative estimate of drug-likeness (QED) is 0.814. The second kappa shape index (κ2) is 6.25. The molecule has 1 aromatic heterocycles. The molecular formula is C19H18N2O4S. The van der Waals surface area contributed by atoms with Gasteiger partial charge in [0.1, 0.15) is 0 Å². The Morgan fingerprint density at radius 3 is 2.46 bits per heavy atom. The third-order valence-electron chi connectivity index (χ3n) is 4.87. The van der Waals surface area contributed by atoms with E-state index in [2.05, 4.69) is 0 Å². The van der Waals surface area contributed by atoms with Crippen molar-refractivity contribution in [3.63, 3.8) is 0 Å². The lowest BCUT2D eigenvalue weighted by atomic mass is 9.90. The van der Waals surface area contributed by atoms with E-state index < -0.39 is 11.7 Å². The summed E-state index contributed by atoms with van der Waals surface area (Å²) in [5, 5.41) is 1.94. The topological polar surface area (TPSA) is 66.9 Å². The summed E-state index contributed by atoms with van der Waals surface area (Å²) in [5.74, 6) is -0.373. The van der Waals surface area contributed by atoms with E-state index in [9.17, 15) is 14.4 Å². The summed E-state index contributed by atoms with van der Waals surface area (Å²) in [4.78, 5) is 41.3. The number of hydrogen-bond donors (Lipinski definition) is 0. The summed E-state index contributed by atoms with van der Waals surface area (Å²) in [5.41, 5.74) is 0.409. The van der Waals surface area contributed by atoms with E-state index in [1.165, 1.54) is 11.3 Å². The van der Waals surface area contributed by atoms with Gasteiger partial charge in [0.2, 0.25) is 0 Å². The molecule has 0 N–H and O–H groups in total. The zero-order valence-electron chi connectivity index (χ0n) is 14.3. The highest BCUT2D eigenvalue weighted by molar-refractivity contribution is 7.12. The number of hydrogen-bond acceptors (Lipinski definition) is 5. The molecule has 0 aliphatic carbocycles. The van der Waals surface area contributed by atoms with Crippen LogP contribution in [0.2, 0.25) is 0 Å². The lowest BCUT2D eigenvalue weighted by Crippen LogP contribution is -2.51. The maximum atomic E-state index is 12.9. The number of anilines is 1. The van der Waals surface area contributed by atoms with Crippen molar-refractivity contribution in [1.82, 2.24) is 4.90 Å². The summed E-state index contributed by atoms with van der Waals surface area (Å²) in [6, 6.07) is 10.6. The van der Waals surface area contributed by atoms with Gasteiger partial charge in [-0.3, -0.25) is 9.59 Å². The first-order valence-electron chi connectivity index (χ1n) is 8.47. The number of aryl methyl sites for hydroxylation is 1. The number of rotatable bonds is 2. The van der Waals surface area contributed by atoms with Crippen LogP contribution in [0.1, 0.15) is 28.1 Å². The Kier molecular flexibility index (Phi) is 4.03. The van der Waals surface area contributed by atoms with Crippen LogP contribution < -0.4 is 4.90 Å². The minimum atomic E-state index is -1.16. The average Bonchev–Trinajstić information content (AvgIpc) is 3.18. The number of imide groups is 1. The maximum absolute atomic E-state index is 12.9. The van der Waals surface area contributed by atoms with Gasteiger partial charge in [0, 0.05) is 25.9 Å². The number of likely N-dealkylation sites (tertiary alicyclic amines) is 1. The largest absolute Gasteiger partial charge is 0.432 e. The molecular weight excluding hydrogens is 352 g/mol. The van der Waals surface area contributed by atoms with Gasteiger partial charge in [-0.2, -0.15) is 0 Å². The third kappa shape index (κ3) is 2.68. The third-order valence-corrected chi connectivity index (χ3v) is 5.91. The number of benzene rings is 1. The molecule has 4 rings (SSSR count). The number of piperidine rings is 1. The summed E-state index contributed by atoms with van der Waals surface area (Å²) in [6.45, 7) is 2.72. The van der Waals surface area contributed by atoms with Gasteiger partial charge in [-0.1, -0.05) is 18.2 Å². The molecule has 2 aromatic rings. The lowest BCUT2D eigenvalue weighted by Gasteiger charge is -2.35. The van der Waals surface area contributed by atoms with Crippen molar-refractivity contribution in [1.29, 1.82) is 0 Å². The van der Waals surface area contributed by atoms with Crippen molar-refractivity contribution in [2.75, 3.05) is 18.0 Å². The number of ether oxygens (including phenoxy) is 1. The molecule has 0 saturated carbocycles. The second-order valence-electron chi connectivity index (χ2n) is 6.62. The summed E-state index contributed by atoms with van der Waals surface area (Å²) >= 11 is 1.42. The van der Waals surface area contributed by atoms with Crippen LogP contribution in [-0.2, 0) is 9.53 Å². The standard InChI is InChI=1S/C19H18N2O4S/c1-13-11-15(26-12-13)16(22)20-9-7-19(8-10-20)17(23)21(18(24)25-19)14-5-3-2-4-6-14/h2-6,11-12H,7-10H2,1H3. The summed E-state index contributed by atoms with van der Waals surface area (Å²) in [7, 11) is 0. The molecule has 3 heterocycles. The monoisotopic (exact) mass is 370 g/mol. The van der Waals surface area contributed by atoms with Crippen LogP contribution in [-0.4, -0.2) is 41.5 Å². The van der Waals surface area contributed by atoms with Gasteiger partial charge in [0.25, 0.3) is 11.8 Å². The Bertz CT molecular complexity index is 869. The Morgan fingerprint density at radius 2 is 1.85 bits per heavy atom. The van der Waals surface area contributed by atoms with Crippen molar-refractivity contribution in [2.45, 2.75) is 25.4 Å². The fraction of sp³-hybridized carbons (Fsp3) is 0.316. The Hall–Kier alpha value is -2.67. The molecule has 2 fully saturated rings. The number of carbonyl (C=O) groups excluding carboxylic acids is 3. The number of thiophene rings is 1. The van der Waals surface area contributed by atoms with Crippen LogP contribution in [0.25, 0.3) is 0 Å². The van der Waals surface area contributed by atoms with E-state index in [4.69, 9.17) is 4.74 Å². The molecule has 2 saturated heterocycles. The van der Waals surface area contributed by atoms with Gasteiger partial charge >= 0.3 is 6.09 Å².